The molecule has 2 aromatic rings. The third-order valence-corrected chi connectivity index (χ3v) is 3.04. The molecule has 0 saturated heterocycles. The van der Waals surface area contributed by atoms with Crippen molar-refractivity contribution in [3.05, 3.63) is 46.8 Å². The summed E-state index contributed by atoms with van der Waals surface area (Å²) in [6, 6.07) is 9.61. The second kappa shape index (κ2) is 4.42. The lowest BCUT2D eigenvalue weighted by Gasteiger charge is -2.04. The zero-order valence-electron chi connectivity index (χ0n) is 10.4. The van der Waals surface area contributed by atoms with Gasteiger partial charge in [0.2, 0.25) is 0 Å². The van der Waals surface area contributed by atoms with Gasteiger partial charge in [-0.1, -0.05) is 6.92 Å². The molecular formula is C14H15N3. The van der Waals surface area contributed by atoms with Crippen LogP contribution in [0.25, 0.3) is 5.69 Å². The molecule has 0 atom stereocenters. The molecule has 0 unspecified atom stereocenters. The number of aryl methyl sites for hydroxylation is 1. The lowest BCUT2D eigenvalue weighted by Crippen LogP contribution is -1.99. The van der Waals surface area contributed by atoms with Crippen molar-refractivity contribution in [1.29, 1.82) is 5.26 Å². The fourth-order valence-corrected chi connectivity index (χ4v) is 2.12. The quantitative estimate of drug-likeness (QED) is 0.788. The van der Waals surface area contributed by atoms with Crippen molar-refractivity contribution >= 4 is 0 Å². The zero-order valence-corrected chi connectivity index (χ0v) is 10.4. The number of nitrogens with zero attached hydrogens (tertiary/aromatic N) is 3. The molecule has 0 amide bonds. The standard InChI is InChI=1S/C14H15N3/c1-4-14-10(2)16-17(11(14)3)13-7-5-12(9-15)6-8-13/h5-8H,4H2,1-3H3. The Morgan fingerprint density at radius 1 is 1.24 bits per heavy atom. The van der Waals surface area contributed by atoms with Gasteiger partial charge in [0.1, 0.15) is 0 Å². The molecule has 1 heterocycles. The van der Waals surface area contributed by atoms with Crippen LogP contribution in [0.4, 0.5) is 0 Å². The van der Waals surface area contributed by atoms with Crippen LogP contribution in [0, 0.1) is 25.2 Å². The summed E-state index contributed by atoms with van der Waals surface area (Å²) < 4.78 is 1.94. The van der Waals surface area contributed by atoms with Crippen LogP contribution >= 0.6 is 0 Å². The van der Waals surface area contributed by atoms with Gasteiger partial charge in [-0.25, -0.2) is 4.68 Å². The fourth-order valence-electron chi connectivity index (χ4n) is 2.12. The molecule has 0 aliphatic rings. The molecule has 0 N–H and O–H groups in total. The molecule has 1 aromatic carbocycles. The van der Waals surface area contributed by atoms with Gasteiger partial charge in [0.15, 0.2) is 0 Å². The van der Waals surface area contributed by atoms with Gasteiger partial charge < -0.3 is 0 Å². The number of hydrogen-bond acceptors (Lipinski definition) is 2. The first-order valence-corrected chi connectivity index (χ1v) is 5.73. The lowest BCUT2D eigenvalue weighted by atomic mass is 10.1. The monoisotopic (exact) mass is 225 g/mol. The van der Waals surface area contributed by atoms with Crippen molar-refractivity contribution in [2.45, 2.75) is 27.2 Å². The van der Waals surface area contributed by atoms with E-state index in [4.69, 9.17) is 5.26 Å². The topological polar surface area (TPSA) is 41.6 Å². The van der Waals surface area contributed by atoms with Crippen LogP contribution in [-0.4, -0.2) is 9.78 Å². The molecule has 0 fully saturated rings. The van der Waals surface area contributed by atoms with E-state index in [9.17, 15) is 0 Å². The van der Waals surface area contributed by atoms with E-state index >= 15 is 0 Å². The first-order chi connectivity index (χ1) is 8.17. The molecule has 0 saturated carbocycles. The number of benzene rings is 1. The molecule has 0 aliphatic heterocycles. The van der Waals surface area contributed by atoms with Crippen molar-refractivity contribution in [2.24, 2.45) is 0 Å². The summed E-state index contributed by atoms with van der Waals surface area (Å²) in [7, 11) is 0. The minimum atomic E-state index is 0.672. The molecule has 3 nitrogen and oxygen atoms in total. The molecule has 17 heavy (non-hydrogen) atoms. The van der Waals surface area contributed by atoms with Crippen molar-refractivity contribution in [3.8, 4) is 11.8 Å². The zero-order chi connectivity index (χ0) is 12.4. The van der Waals surface area contributed by atoms with Crippen LogP contribution in [0.1, 0.15) is 29.4 Å². The van der Waals surface area contributed by atoms with E-state index in [2.05, 4.69) is 25.0 Å². The van der Waals surface area contributed by atoms with Gasteiger partial charge in [-0.2, -0.15) is 10.4 Å². The second-order valence-corrected chi connectivity index (χ2v) is 4.07. The molecule has 3 heteroatoms. The summed E-state index contributed by atoms with van der Waals surface area (Å²) in [5.74, 6) is 0. The Hall–Kier alpha value is -2.08. The molecular weight excluding hydrogens is 210 g/mol. The third kappa shape index (κ3) is 1.94. The third-order valence-electron chi connectivity index (χ3n) is 3.04. The van der Waals surface area contributed by atoms with Crippen LogP contribution in [0.3, 0.4) is 0 Å². The van der Waals surface area contributed by atoms with E-state index in [1.807, 2.05) is 35.9 Å². The van der Waals surface area contributed by atoms with E-state index in [-0.39, 0.29) is 0 Å². The normalized spacial score (nSPS) is 10.2. The highest BCUT2D eigenvalue weighted by Crippen LogP contribution is 2.18. The number of hydrogen-bond donors (Lipinski definition) is 0. The van der Waals surface area contributed by atoms with Gasteiger partial charge in [-0.15, -0.1) is 0 Å². The van der Waals surface area contributed by atoms with Gasteiger partial charge in [0.25, 0.3) is 0 Å². The minimum absolute atomic E-state index is 0.672. The Kier molecular flexibility index (Phi) is 2.97. The molecule has 0 aliphatic carbocycles. The van der Waals surface area contributed by atoms with E-state index in [1.165, 1.54) is 11.3 Å². The summed E-state index contributed by atoms with van der Waals surface area (Å²) in [6.07, 6.45) is 0.994. The Bertz CT molecular complexity index is 571. The Morgan fingerprint density at radius 2 is 1.88 bits per heavy atom. The van der Waals surface area contributed by atoms with Crippen LogP contribution < -0.4 is 0 Å². The molecule has 2 rings (SSSR count). The summed E-state index contributed by atoms with van der Waals surface area (Å²) in [5, 5.41) is 13.3. The van der Waals surface area contributed by atoms with Crippen molar-refractivity contribution in [3.63, 3.8) is 0 Å². The highest BCUT2D eigenvalue weighted by molar-refractivity contribution is 5.41. The largest absolute Gasteiger partial charge is 0.238 e. The van der Waals surface area contributed by atoms with Crippen molar-refractivity contribution < 1.29 is 0 Å². The summed E-state index contributed by atoms with van der Waals surface area (Å²) in [6.45, 7) is 6.25. The van der Waals surface area contributed by atoms with Gasteiger partial charge in [-0.3, -0.25) is 0 Å². The maximum Gasteiger partial charge on any atom is 0.0991 e. The van der Waals surface area contributed by atoms with Crippen LogP contribution in [-0.2, 0) is 6.42 Å². The fraction of sp³-hybridized carbons (Fsp3) is 0.286. The molecule has 0 radical (unpaired) electrons. The molecule has 0 bridgehead atoms. The number of nitriles is 1. The smallest absolute Gasteiger partial charge is 0.0991 e. The van der Waals surface area contributed by atoms with Crippen molar-refractivity contribution in [1.82, 2.24) is 9.78 Å². The van der Waals surface area contributed by atoms with Gasteiger partial charge in [-0.05, 0) is 50.1 Å². The number of rotatable bonds is 2. The Labute approximate surface area is 101 Å². The summed E-state index contributed by atoms with van der Waals surface area (Å²) >= 11 is 0. The number of aromatic nitrogens is 2. The van der Waals surface area contributed by atoms with E-state index in [0.29, 0.717) is 5.56 Å². The molecule has 0 spiro atoms. The highest BCUT2D eigenvalue weighted by atomic mass is 15.3. The second-order valence-electron chi connectivity index (χ2n) is 4.07. The van der Waals surface area contributed by atoms with Crippen LogP contribution in [0.5, 0.6) is 0 Å². The predicted molar refractivity (Wildman–Crippen MR) is 67.1 cm³/mol. The average molecular weight is 225 g/mol. The minimum Gasteiger partial charge on any atom is -0.238 e. The highest BCUT2D eigenvalue weighted by Gasteiger charge is 2.10. The Balaban J connectivity index is 2.50. The lowest BCUT2D eigenvalue weighted by molar-refractivity contribution is 0.832. The van der Waals surface area contributed by atoms with Gasteiger partial charge in [0, 0.05) is 5.69 Å². The first kappa shape index (κ1) is 11.4. The SMILES string of the molecule is CCc1c(C)nn(-c2ccc(C#N)cc2)c1C. The van der Waals surface area contributed by atoms with E-state index < -0.39 is 0 Å². The van der Waals surface area contributed by atoms with Crippen LogP contribution in [0.15, 0.2) is 24.3 Å². The predicted octanol–water partition coefficient (Wildman–Crippen LogP) is 2.92. The molecule has 1 aromatic heterocycles. The van der Waals surface area contributed by atoms with Crippen molar-refractivity contribution in [2.75, 3.05) is 0 Å². The summed E-state index contributed by atoms with van der Waals surface area (Å²) in [4.78, 5) is 0. The first-order valence-electron chi connectivity index (χ1n) is 5.73. The Morgan fingerprint density at radius 3 is 2.35 bits per heavy atom. The molecule has 86 valence electrons. The van der Waals surface area contributed by atoms with E-state index in [1.54, 1.807) is 0 Å². The van der Waals surface area contributed by atoms with Gasteiger partial charge >= 0.3 is 0 Å². The average Bonchev–Trinajstić information content (AvgIpc) is 2.64. The summed E-state index contributed by atoms with van der Waals surface area (Å²) in [5.41, 5.74) is 5.23. The van der Waals surface area contributed by atoms with E-state index in [0.717, 1.165) is 17.8 Å². The van der Waals surface area contributed by atoms with Crippen LogP contribution in [0.2, 0.25) is 0 Å². The maximum atomic E-state index is 8.77. The van der Waals surface area contributed by atoms with Gasteiger partial charge in [0.05, 0.1) is 23.0 Å². The maximum absolute atomic E-state index is 8.77.